The summed E-state index contributed by atoms with van der Waals surface area (Å²) in [4.78, 5) is 14.3. The molecule has 6 nitrogen and oxygen atoms in total. The Morgan fingerprint density at radius 2 is 1.69 bits per heavy atom. The van der Waals surface area contributed by atoms with E-state index >= 15 is 0 Å². The van der Waals surface area contributed by atoms with Crippen molar-refractivity contribution in [3.8, 4) is 11.5 Å². The van der Waals surface area contributed by atoms with Gasteiger partial charge in [0.2, 0.25) is 5.91 Å². The Morgan fingerprint density at radius 1 is 1.04 bits per heavy atom. The topological polar surface area (TPSA) is 60.0 Å². The first-order chi connectivity index (χ1) is 12.7. The summed E-state index contributed by atoms with van der Waals surface area (Å²) in [6, 6.07) is 15.2. The van der Waals surface area contributed by atoms with E-state index in [-0.39, 0.29) is 12.3 Å². The van der Waals surface area contributed by atoms with E-state index in [4.69, 9.17) is 14.2 Å². The fourth-order valence-electron chi connectivity index (χ4n) is 2.73. The van der Waals surface area contributed by atoms with Crippen LogP contribution in [0.4, 0.5) is 11.4 Å². The highest BCUT2D eigenvalue weighted by molar-refractivity contribution is 5.90. The second-order valence-electron chi connectivity index (χ2n) is 5.97. The van der Waals surface area contributed by atoms with Crippen LogP contribution in [0.5, 0.6) is 11.5 Å². The van der Waals surface area contributed by atoms with E-state index in [0.717, 1.165) is 43.4 Å². The molecular formula is C20H24N2O4. The zero-order chi connectivity index (χ0) is 18.2. The number of morpholine rings is 1. The van der Waals surface area contributed by atoms with Crippen molar-refractivity contribution in [3.05, 3.63) is 48.5 Å². The Hall–Kier alpha value is -2.73. The number of ether oxygens (including phenoxy) is 3. The second kappa shape index (κ2) is 9.10. The number of nitrogens with zero attached hydrogens (tertiary/aromatic N) is 1. The smallest absolute Gasteiger partial charge is 0.227 e. The maximum Gasteiger partial charge on any atom is 0.227 e. The highest BCUT2D eigenvalue weighted by Crippen LogP contribution is 2.19. The number of carbonyl (C=O) groups is 1. The molecule has 0 spiro atoms. The number of nitrogens with one attached hydrogen (secondary N) is 1. The average Bonchev–Trinajstić information content (AvgIpc) is 2.70. The third-order valence-electron chi connectivity index (χ3n) is 4.18. The zero-order valence-corrected chi connectivity index (χ0v) is 14.9. The molecule has 1 aliphatic heterocycles. The van der Waals surface area contributed by atoms with Crippen LogP contribution in [0.3, 0.4) is 0 Å². The van der Waals surface area contributed by atoms with Gasteiger partial charge < -0.3 is 24.4 Å². The van der Waals surface area contributed by atoms with Gasteiger partial charge >= 0.3 is 0 Å². The average molecular weight is 356 g/mol. The summed E-state index contributed by atoms with van der Waals surface area (Å²) in [7, 11) is 1.62. The molecule has 0 saturated carbocycles. The normalized spacial score (nSPS) is 14.0. The summed E-state index contributed by atoms with van der Waals surface area (Å²) < 4.78 is 16.0. The van der Waals surface area contributed by atoms with Crippen LogP contribution in [-0.2, 0) is 9.53 Å². The molecule has 0 unspecified atom stereocenters. The predicted molar refractivity (Wildman–Crippen MR) is 101 cm³/mol. The Balaban J connectivity index is 1.42. The molecule has 0 bridgehead atoms. The van der Waals surface area contributed by atoms with E-state index < -0.39 is 0 Å². The lowest BCUT2D eigenvalue weighted by Crippen LogP contribution is -2.36. The van der Waals surface area contributed by atoms with Crippen LogP contribution in [0.2, 0.25) is 0 Å². The summed E-state index contributed by atoms with van der Waals surface area (Å²) in [5.41, 5.74) is 1.94. The number of amides is 1. The lowest BCUT2D eigenvalue weighted by Gasteiger charge is -2.28. The van der Waals surface area contributed by atoms with Gasteiger partial charge in [-0.1, -0.05) is 0 Å². The standard InChI is InChI=1S/C20H24N2O4/c1-24-18-6-8-19(9-7-18)26-13-10-20(23)21-16-2-4-17(5-3-16)22-11-14-25-15-12-22/h2-9H,10-15H2,1H3,(H,21,23). The largest absolute Gasteiger partial charge is 0.497 e. The van der Waals surface area contributed by atoms with Crippen molar-refractivity contribution in [1.29, 1.82) is 0 Å². The lowest BCUT2D eigenvalue weighted by molar-refractivity contribution is -0.116. The van der Waals surface area contributed by atoms with Crippen LogP contribution in [0, 0.1) is 0 Å². The quantitative estimate of drug-likeness (QED) is 0.827. The van der Waals surface area contributed by atoms with Crippen LogP contribution in [0.15, 0.2) is 48.5 Å². The van der Waals surface area contributed by atoms with Crippen molar-refractivity contribution in [2.24, 2.45) is 0 Å². The molecule has 3 rings (SSSR count). The van der Waals surface area contributed by atoms with Crippen molar-refractivity contribution in [2.45, 2.75) is 6.42 Å². The van der Waals surface area contributed by atoms with E-state index in [2.05, 4.69) is 10.2 Å². The maximum absolute atomic E-state index is 12.1. The SMILES string of the molecule is COc1ccc(OCCC(=O)Nc2ccc(N3CCOCC3)cc2)cc1. The third-order valence-corrected chi connectivity index (χ3v) is 4.18. The first kappa shape index (κ1) is 18.1. The molecule has 6 heteroatoms. The van der Waals surface area contributed by atoms with Gasteiger partial charge in [0, 0.05) is 24.5 Å². The van der Waals surface area contributed by atoms with Crippen molar-refractivity contribution in [2.75, 3.05) is 50.2 Å². The number of benzene rings is 2. The van der Waals surface area contributed by atoms with E-state index in [1.807, 2.05) is 48.5 Å². The zero-order valence-electron chi connectivity index (χ0n) is 14.9. The maximum atomic E-state index is 12.1. The monoisotopic (exact) mass is 356 g/mol. The number of anilines is 2. The molecule has 1 N–H and O–H groups in total. The number of methoxy groups -OCH3 is 1. The number of carbonyl (C=O) groups excluding carboxylic acids is 1. The van der Waals surface area contributed by atoms with Gasteiger partial charge in [-0.05, 0) is 48.5 Å². The summed E-state index contributed by atoms with van der Waals surface area (Å²) in [6.45, 7) is 3.63. The molecule has 0 aromatic heterocycles. The molecule has 0 aliphatic carbocycles. The minimum Gasteiger partial charge on any atom is -0.497 e. The van der Waals surface area contributed by atoms with Crippen molar-refractivity contribution < 1.29 is 19.0 Å². The predicted octanol–water partition coefficient (Wildman–Crippen LogP) is 2.94. The molecule has 0 atom stereocenters. The summed E-state index contributed by atoms with van der Waals surface area (Å²) in [5, 5.41) is 2.89. The minimum absolute atomic E-state index is 0.0716. The molecule has 1 fully saturated rings. The first-order valence-corrected chi connectivity index (χ1v) is 8.74. The fraction of sp³-hybridized carbons (Fsp3) is 0.350. The molecule has 2 aromatic rings. The van der Waals surface area contributed by atoms with Gasteiger partial charge in [-0.3, -0.25) is 4.79 Å². The highest BCUT2D eigenvalue weighted by Gasteiger charge is 2.11. The van der Waals surface area contributed by atoms with Crippen LogP contribution in [-0.4, -0.2) is 45.9 Å². The van der Waals surface area contributed by atoms with Gasteiger partial charge in [-0.15, -0.1) is 0 Å². The molecule has 1 aliphatic rings. The molecule has 1 amide bonds. The van der Waals surface area contributed by atoms with Crippen molar-refractivity contribution >= 4 is 17.3 Å². The van der Waals surface area contributed by atoms with Crippen LogP contribution in [0.1, 0.15) is 6.42 Å². The van der Waals surface area contributed by atoms with E-state index in [9.17, 15) is 4.79 Å². The van der Waals surface area contributed by atoms with E-state index in [0.29, 0.717) is 12.4 Å². The highest BCUT2D eigenvalue weighted by atomic mass is 16.5. The minimum atomic E-state index is -0.0716. The fourth-order valence-corrected chi connectivity index (χ4v) is 2.73. The van der Waals surface area contributed by atoms with Crippen molar-refractivity contribution in [1.82, 2.24) is 0 Å². The molecular weight excluding hydrogens is 332 g/mol. The van der Waals surface area contributed by atoms with Gasteiger partial charge in [0.05, 0.1) is 33.4 Å². The van der Waals surface area contributed by atoms with Gasteiger partial charge in [0.15, 0.2) is 0 Å². The van der Waals surface area contributed by atoms with E-state index in [1.165, 1.54) is 0 Å². The second-order valence-corrected chi connectivity index (χ2v) is 5.97. The Labute approximate surface area is 153 Å². The molecule has 1 heterocycles. The molecule has 26 heavy (non-hydrogen) atoms. The summed E-state index contributed by atoms with van der Waals surface area (Å²) in [5.74, 6) is 1.42. The van der Waals surface area contributed by atoms with Gasteiger partial charge in [0.1, 0.15) is 11.5 Å². The molecule has 138 valence electrons. The Bertz CT molecular complexity index is 695. The Morgan fingerprint density at radius 3 is 2.35 bits per heavy atom. The van der Waals surface area contributed by atoms with Gasteiger partial charge in [-0.25, -0.2) is 0 Å². The van der Waals surface area contributed by atoms with Gasteiger partial charge in [-0.2, -0.15) is 0 Å². The summed E-state index contributed by atoms with van der Waals surface area (Å²) >= 11 is 0. The number of hydrogen-bond donors (Lipinski definition) is 1. The third kappa shape index (κ3) is 5.13. The van der Waals surface area contributed by atoms with Crippen LogP contribution in [0.25, 0.3) is 0 Å². The summed E-state index contributed by atoms with van der Waals surface area (Å²) in [6.07, 6.45) is 0.289. The van der Waals surface area contributed by atoms with Gasteiger partial charge in [0.25, 0.3) is 0 Å². The van der Waals surface area contributed by atoms with Crippen LogP contribution < -0.4 is 19.7 Å². The molecule has 0 radical (unpaired) electrons. The molecule has 1 saturated heterocycles. The lowest BCUT2D eigenvalue weighted by atomic mass is 10.2. The van der Waals surface area contributed by atoms with Crippen molar-refractivity contribution in [3.63, 3.8) is 0 Å². The van der Waals surface area contributed by atoms with E-state index in [1.54, 1.807) is 7.11 Å². The first-order valence-electron chi connectivity index (χ1n) is 8.74. The number of hydrogen-bond acceptors (Lipinski definition) is 5. The molecule has 2 aromatic carbocycles. The Kier molecular flexibility index (Phi) is 6.33. The number of rotatable bonds is 7. The van der Waals surface area contributed by atoms with Crippen LogP contribution >= 0.6 is 0 Å².